The fourth-order valence-corrected chi connectivity index (χ4v) is 1.69. The average molecular weight is 243 g/mol. The number of hydrogen-bond donors (Lipinski definition) is 1. The molecule has 1 heterocycles. The summed E-state index contributed by atoms with van der Waals surface area (Å²) in [6.07, 6.45) is -2.74. The maximum atomic E-state index is 12.6. The van der Waals surface area contributed by atoms with Crippen molar-refractivity contribution in [2.75, 3.05) is 6.54 Å². The van der Waals surface area contributed by atoms with Crippen molar-refractivity contribution >= 4 is 10.9 Å². The van der Waals surface area contributed by atoms with Crippen molar-refractivity contribution in [2.45, 2.75) is 12.7 Å². The van der Waals surface area contributed by atoms with Gasteiger partial charge in [-0.05, 0) is 6.07 Å². The molecule has 2 rings (SSSR count). The van der Waals surface area contributed by atoms with E-state index < -0.39 is 18.6 Å². The lowest BCUT2D eigenvalue weighted by molar-refractivity contribution is -0.175. The molecular weight excluding hydrogens is 231 g/mol. The normalized spacial score (nSPS) is 14.1. The van der Waals surface area contributed by atoms with Gasteiger partial charge in [0.2, 0.25) is 0 Å². The van der Waals surface area contributed by atoms with Crippen LogP contribution in [-0.4, -0.2) is 22.5 Å². The summed E-state index contributed by atoms with van der Waals surface area (Å²) in [5.74, 6) is -1.56. The molecule has 0 bridgehead atoms. The molecule has 0 aliphatic rings. The molecule has 1 atom stereocenters. The highest BCUT2D eigenvalue weighted by Gasteiger charge is 2.39. The zero-order valence-corrected chi connectivity index (χ0v) is 8.98. The molecule has 0 saturated carbocycles. The topological polar surface area (TPSA) is 43.8 Å². The predicted molar refractivity (Wildman–Crippen MR) is 58.3 cm³/mol. The van der Waals surface area contributed by atoms with Gasteiger partial charge in [0, 0.05) is 11.9 Å². The predicted octanol–water partition coefficient (Wildman–Crippen LogP) is 2.17. The zero-order valence-electron chi connectivity index (χ0n) is 8.98. The minimum absolute atomic E-state index is 0.243. The molecule has 0 saturated heterocycles. The van der Waals surface area contributed by atoms with Gasteiger partial charge in [0.05, 0.1) is 24.2 Å². The summed E-state index contributed by atoms with van der Waals surface area (Å²) in [4.78, 5) is 0. The Balaban J connectivity index is 2.29. The Kier molecular flexibility index (Phi) is 3.06. The van der Waals surface area contributed by atoms with E-state index in [1.807, 2.05) is 12.1 Å². The minimum atomic E-state index is -4.29. The SMILES string of the molecule is NCC(Cn1ncc2ccccc21)C(F)(F)F. The molecule has 0 radical (unpaired) electrons. The number of hydrogen-bond acceptors (Lipinski definition) is 2. The number of nitrogens with zero attached hydrogens (tertiary/aromatic N) is 2. The van der Waals surface area contributed by atoms with E-state index in [4.69, 9.17) is 5.73 Å². The number of benzene rings is 1. The van der Waals surface area contributed by atoms with Crippen molar-refractivity contribution in [1.82, 2.24) is 9.78 Å². The lowest BCUT2D eigenvalue weighted by atomic mass is 10.1. The van der Waals surface area contributed by atoms with E-state index in [-0.39, 0.29) is 6.54 Å². The number of halogens is 3. The Hall–Kier alpha value is -1.56. The molecule has 1 aromatic carbocycles. The molecule has 1 aromatic heterocycles. The van der Waals surface area contributed by atoms with E-state index in [1.54, 1.807) is 18.3 Å². The largest absolute Gasteiger partial charge is 0.394 e. The number of rotatable bonds is 3. The van der Waals surface area contributed by atoms with Gasteiger partial charge in [-0.25, -0.2) is 0 Å². The third kappa shape index (κ3) is 2.41. The van der Waals surface area contributed by atoms with Gasteiger partial charge in [0.25, 0.3) is 0 Å². The molecule has 2 aromatic rings. The van der Waals surface area contributed by atoms with Gasteiger partial charge in [0.15, 0.2) is 0 Å². The summed E-state index contributed by atoms with van der Waals surface area (Å²) < 4.78 is 39.1. The van der Waals surface area contributed by atoms with E-state index in [1.165, 1.54) is 4.68 Å². The van der Waals surface area contributed by atoms with Crippen molar-refractivity contribution < 1.29 is 13.2 Å². The molecule has 17 heavy (non-hydrogen) atoms. The molecule has 2 N–H and O–H groups in total. The van der Waals surface area contributed by atoms with Gasteiger partial charge in [-0.15, -0.1) is 0 Å². The Morgan fingerprint density at radius 1 is 1.29 bits per heavy atom. The molecule has 92 valence electrons. The third-order valence-corrected chi connectivity index (χ3v) is 2.69. The molecule has 1 unspecified atom stereocenters. The fourth-order valence-electron chi connectivity index (χ4n) is 1.69. The summed E-state index contributed by atoms with van der Waals surface area (Å²) in [5.41, 5.74) is 5.85. The van der Waals surface area contributed by atoms with Gasteiger partial charge in [-0.2, -0.15) is 18.3 Å². The van der Waals surface area contributed by atoms with Crippen molar-refractivity contribution in [2.24, 2.45) is 11.7 Å². The lowest BCUT2D eigenvalue weighted by Crippen LogP contribution is -2.34. The number of nitrogens with two attached hydrogens (primary N) is 1. The molecule has 3 nitrogen and oxygen atoms in total. The van der Waals surface area contributed by atoms with Crippen LogP contribution >= 0.6 is 0 Å². The fraction of sp³-hybridized carbons (Fsp3) is 0.364. The smallest absolute Gasteiger partial charge is 0.330 e. The Labute approximate surface area is 96.0 Å². The summed E-state index contributed by atoms with van der Waals surface area (Å²) in [5, 5.41) is 4.78. The van der Waals surface area contributed by atoms with Crippen LogP contribution in [0.1, 0.15) is 0 Å². The van der Waals surface area contributed by atoms with E-state index in [9.17, 15) is 13.2 Å². The Morgan fingerprint density at radius 2 is 2.00 bits per heavy atom. The number of para-hydroxylation sites is 1. The maximum Gasteiger partial charge on any atom is 0.394 e. The molecule has 0 fully saturated rings. The first-order chi connectivity index (χ1) is 8.02. The van der Waals surface area contributed by atoms with Crippen LogP contribution in [-0.2, 0) is 6.54 Å². The Morgan fingerprint density at radius 3 is 2.65 bits per heavy atom. The quantitative estimate of drug-likeness (QED) is 0.897. The molecule has 0 aliphatic carbocycles. The van der Waals surface area contributed by atoms with Crippen LogP contribution in [0.3, 0.4) is 0 Å². The summed E-state index contributed by atoms with van der Waals surface area (Å²) >= 11 is 0. The van der Waals surface area contributed by atoms with Crippen LogP contribution in [0, 0.1) is 5.92 Å². The highest BCUT2D eigenvalue weighted by molar-refractivity contribution is 5.78. The molecule has 6 heteroatoms. The Bertz CT molecular complexity index is 504. The zero-order chi connectivity index (χ0) is 12.5. The first kappa shape index (κ1) is 11.9. The number of fused-ring (bicyclic) bond motifs is 1. The van der Waals surface area contributed by atoms with Gasteiger partial charge < -0.3 is 5.73 Å². The highest BCUT2D eigenvalue weighted by atomic mass is 19.4. The van der Waals surface area contributed by atoms with Crippen LogP contribution in [0.15, 0.2) is 30.5 Å². The maximum absolute atomic E-state index is 12.6. The van der Waals surface area contributed by atoms with E-state index in [0.717, 1.165) is 5.39 Å². The van der Waals surface area contributed by atoms with Crippen molar-refractivity contribution in [3.8, 4) is 0 Å². The van der Waals surface area contributed by atoms with Gasteiger partial charge in [0.1, 0.15) is 0 Å². The van der Waals surface area contributed by atoms with Gasteiger partial charge in [-0.3, -0.25) is 4.68 Å². The first-order valence-corrected chi connectivity index (χ1v) is 5.19. The number of aromatic nitrogens is 2. The summed E-state index contributed by atoms with van der Waals surface area (Å²) in [7, 11) is 0. The standard InChI is InChI=1S/C11H12F3N3/c12-11(13,14)9(5-15)7-17-10-4-2-1-3-8(10)6-16-17/h1-4,6,9H,5,7,15H2. The minimum Gasteiger partial charge on any atom is -0.330 e. The van der Waals surface area contributed by atoms with Crippen molar-refractivity contribution in [3.63, 3.8) is 0 Å². The average Bonchev–Trinajstić information content (AvgIpc) is 2.67. The van der Waals surface area contributed by atoms with Gasteiger partial charge in [-0.1, -0.05) is 18.2 Å². The van der Waals surface area contributed by atoms with Gasteiger partial charge >= 0.3 is 6.18 Å². The van der Waals surface area contributed by atoms with E-state index in [0.29, 0.717) is 5.52 Å². The van der Waals surface area contributed by atoms with Crippen LogP contribution in [0.4, 0.5) is 13.2 Å². The number of alkyl halides is 3. The van der Waals surface area contributed by atoms with Crippen molar-refractivity contribution in [3.05, 3.63) is 30.5 Å². The second-order valence-corrected chi connectivity index (χ2v) is 3.86. The van der Waals surface area contributed by atoms with Crippen LogP contribution in [0.2, 0.25) is 0 Å². The monoisotopic (exact) mass is 243 g/mol. The highest BCUT2D eigenvalue weighted by Crippen LogP contribution is 2.27. The second kappa shape index (κ2) is 4.37. The van der Waals surface area contributed by atoms with Crippen LogP contribution in [0.25, 0.3) is 10.9 Å². The van der Waals surface area contributed by atoms with E-state index >= 15 is 0 Å². The van der Waals surface area contributed by atoms with E-state index in [2.05, 4.69) is 5.10 Å². The summed E-state index contributed by atoms with van der Waals surface area (Å²) in [6.45, 7) is -0.675. The second-order valence-electron chi connectivity index (χ2n) is 3.86. The molecule has 0 spiro atoms. The summed E-state index contributed by atoms with van der Waals surface area (Å²) in [6, 6.07) is 7.14. The van der Waals surface area contributed by atoms with Crippen LogP contribution < -0.4 is 5.73 Å². The van der Waals surface area contributed by atoms with Crippen molar-refractivity contribution in [1.29, 1.82) is 0 Å². The molecule has 0 amide bonds. The first-order valence-electron chi connectivity index (χ1n) is 5.19. The molecule has 0 aliphatic heterocycles. The third-order valence-electron chi connectivity index (χ3n) is 2.69. The lowest BCUT2D eigenvalue weighted by Gasteiger charge is -2.18. The molecular formula is C11H12F3N3. The van der Waals surface area contributed by atoms with Crippen LogP contribution in [0.5, 0.6) is 0 Å².